The van der Waals surface area contributed by atoms with Crippen LogP contribution < -0.4 is 5.32 Å². The lowest BCUT2D eigenvalue weighted by Gasteiger charge is -2.32. The Balaban J connectivity index is 1.42. The molecule has 122 valence electrons. The highest BCUT2D eigenvalue weighted by atomic mass is 16.2. The van der Waals surface area contributed by atoms with Crippen LogP contribution in [0.5, 0.6) is 0 Å². The SMILES string of the molecule is Cc1cnn(CCC(=O)N2CCC(Nc3cccnn3)CC2)c1. The summed E-state index contributed by atoms with van der Waals surface area (Å²) in [7, 11) is 0. The molecule has 1 aliphatic heterocycles. The first-order valence-corrected chi connectivity index (χ1v) is 8.02. The molecule has 23 heavy (non-hydrogen) atoms. The molecule has 1 fully saturated rings. The van der Waals surface area contributed by atoms with E-state index in [0.29, 0.717) is 19.0 Å². The molecule has 7 nitrogen and oxygen atoms in total. The zero-order chi connectivity index (χ0) is 16.1. The van der Waals surface area contributed by atoms with E-state index in [1.165, 1.54) is 0 Å². The van der Waals surface area contributed by atoms with Crippen molar-refractivity contribution in [2.45, 2.75) is 38.8 Å². The summed E-state index contributed by atoms with van der Waals surface area (Å²) < 4.78 is 1.83. The zero-order valence-electron chi connectivity index (χ0n) is 13.4. The van der Waals surface area contributed by atoms with Gasteiger partial charge in [0.15, 0.2) is 0 Å². The van der Waals surface area contributed by atoms with Crippen molar-refractivity contribution in [2.24, 2.45) is 0 Å². The predicted octanol–water partition coefficient (Wildman–Crippen LogP) is 1.47. The van der Waals surface area contributed by atoms with Gasteiger partial charge in [0.05, 0.1) is 6.20 Å². The molecule has 0 spiro atoms. The Bertz CT molecular complexity index is 633. The summed E-state index contributed by atoms with van der Waals surface area (Å²) in [5, 5.41) is 15.5. The van der Waals surface area contributed by atoms with Gasteiger partial charge in [0.2, 0.25) is 5.91 Å². The van der Waals surface area contributed by atoms with Crippen LogP contribution in [0.15, 0.2) is 30.7 Å². The summed E-state index contributed by atoms with van der Waals surface area (Å²) in [6.07, 6.45) is 7.81. The first-order valence-electron chi connectivity index (χ1n) is 8.02. The maximum absolute atomic E-state index is 12.3. The summed E-state index contributed by atoms with van der Waals surface area (Å²) in [5.41, 5.74) is 1.12. The summed E-state index contributed by atoms with van der Waals surface area (Å²) >= 11 is 0. The highest BCUT2D eigenvalue weighted by molar-refractivity contribution is 5.76. The number of nitrogens with zero attached hydrogens (tertiary/aromatic N) is 5. The predicted molar refractivity (Wildman–Crippen MR) is 86.8 cm³/mol. The maximum Gasteiger partial charge on any atom is 0.224 e. The minimum Gasteiger partial charge on any atom is -0.366 e. The first kappa shape index (κ1) is 15.5. The molecular weight excluding hydrogens is 292 g/mol. The van der Waals surface area contributed by atoms with Crippen LogP contribution >= 0.6 is 0 Å². The highest BCUT2D eigenvalue weighted by Crippen LogP contribution is 2.15. The molecule has 0 atom stereocenters. The molecule has 1 saturated heterocycles. The van der Waals surface area contributed by atoms with Crippen molar-refractivity contribution in [3.63, 3.8) is 0 Å². The Kier molecular flexibility index (Phi) is 4.85. The van der Waals surface area contributed by atoms with Gasteiger partial charge in [0, 0.05) is 44.5 Å². The van der Waals surface area contributed by atoms with Crippen molar-refractivity contribution in [3.8, 4) is 0 Å². The molecule has 0 aliphatic carbocycles. The lowest BCUT2D eigenvalue weighted by Crippen LogP contribution is -2.42. The van der Waals surface area contributed by atoms with E-state index >= 15 is 0 Å². The third-order valence-corrected chi connectivity index (χ3v) is 4.09. The number of aryl methyl sites for hydroxylation is 2. The van der Waals surface area contributed by atoms with E-state index in [1.807, 2.05) is 41.0 Å². The van der Waals surface area contributed by atoms with Crippen LogP contribution in [0, 0.1) is 6.92 Å². The van der Waals surface area contributed by atoms with Crippen LogP contribution in [0.1, 0.15) is 24.8 Å². The Morgan fingerprint density at radius 3 is 2.87 bits per heavy atom. The molecule has 0 saturated carbocycles. The second-order valence-electron chi connectivity index (χ2n) is 5.94. The van der Waals surface area contributed by atoms with Gasteiger partial charge >= 0.3 is 0 Å². The number of rotatable bonds is 5. The van der Waals surface area contributed by atoms with E-state index in [9.17, 15) is 4.79 Å². The summed E-state index contributed by atoms with van der Waals surface area (Å²) in [5.74, 6) is 1.00. The van der Waals surface area contributed by atoms with E-state index in [1.54, 1.807) is 6.20 Å². The topological polar surface area (TPSA) is 75.9 Å². The quantitative estimate of drug-likeness (QED) is 0.904. The summed E-state index contributed by atoms with van der Waals surface area (Å²) in [6.45, 7) is 4.22. The molecule has 2 aromatic rings. The first-order chi connectivity index (χ1) is 11.2. The van der Waals surface area contributed by atoms with Gasteiger partial charge in [-0.05, 0) is 37.5 Å². The Morgan fingerprint density at radius 1 is 1.39 bits per heavy atom. The second kappa shape index (κ2) is 7.21. The largest absolute Gasteiger partial charge is 0.366 e. The van der Waals surface area contributed by atoms with Crippen molar-refractivity contribution in [1.29, 1.82) is 0 Å². The number of aromatic nitrogens is 4. The monoisotopic (exact) mass is 314 g/mol. The van der Waals surface area contributed by atoms with Crippen LogP contribution in [0.3, 0.4) is 0 Å². The molecule has 0 aromatic carbocycles. The standard InChI is InChI=1S/C16H22N6O/c1-13-11-18-22(12-13)10-6-16(23)21-8-4-14(5-9-21)19-15-3-2-7-17-20-15/h2-3,7,11-12,14H,4-6,8-10H2,1H3,(H,19,20). The number of carbonyl (C=O) groups is 1. The van der Waals surface area contributed by atoms with Gasteiger partial charge in [-0.1, -0.05) is 0 Å². The Labute approximate surface area is 135 Å². The number of carbonyl (C=O) groups excluding carboxylic acids is 1. The van der Waals surface area contributed by atoms with Gasteiger partial charge < -0.3 is 10.2 Å². The second-order valence-corrected chi connectivity index (χ2v) is 5.94. The maximum atomic E-state index is 12.3. The number of anilines is 1. The molecular formula is C16H22N6O. The van der Waals surface area contributed by atoms with Crippen LogP contribution in [-0.2, 0) is 11.3 Å². The minimum atomic E-state index is 0.205. The average Bonchev–Trinajstić information content (AvgIpc) is 3.00. The molecule has 2 aromatic heterocycles. The molecule has 3 heterocycles. The van der Waals surface area contributed by atoms with Gasteiger partial charge in [0.1, 0.15) is 5.82 Å². The summed E-state index contributed by atoms with van der Waals surface area (Å²) in [6, 6.07) is 4.13. The zero-order valence-corrected chi connectivity index (χ0v) is 13.4. The molecule has 0 radical (unpaired) electrons. The van der Waals surface area contributed by atoms with E-state index in [2.05, 4.69) is 20.6 Å². The molecule has 0 unspecified atom stereocenters. The number of hydrogen-bond acceptors (Lipinski definition) is 5. The molecule has 1 amide bonds. The summed E-state index contributed by atoms with van der Waals surface area (Å²) in [4.78, 5) is 14.2. The van der Waals surface area contributed by atoms with Crippen molar-refractivity contribution >= 4 is 11.7 Å². The van der Waals surface area contributed by atoms with Gasteiger partial charge in [-0.3, -0.25) is 9.48 Å². The van der Waals surface area contributed by atoms with Gasteiger partial charge in [0.25, 0.3) is 0 Å². The van der Waals surface area contributed by atoms with Crippen molar-refractivity contribution in [2.75, 3.05) is 18.4 Å². The Morgan fingerprint density at radius 2 is 2.22 bits per heavy atom. The number of likely N-dealkylation sites (tertiary alicyclic amines) is 1. The van der Waals surface area contributed by atoms with Crippen molar-refractivity contribution in [3.05, 3.63) is 36.3 Å². The lowest BCUT2D eigenvalue weighted by molar-refractivity contribution is -0.132. The smallest absolute Gasteiger partial charge is 0.224 e. The highest BCUT2D eigenvalue weighted by Gasteiger charge is 2.22. The van der Waals surface area contributed by atoms with Crippen molar-refractivity contribution in [1.82, 2.24) is 24.9 Å². The molecule has 0 bridgehead atoms. The fraction of sp³-hybridized carbons (Fsp3) is 0.500. The van der Waals surface area contributed by atoms with Crippen molar-refractivity contribution < 1.29 is 4.79 Å². The number of piperidine rings is 1. The molecule has 3 rings (SSSR count). The number of hydrogen-bond donors (Lipinski definition) is 1. The lowest BCUT2D eigenvalue weighted by atomic mass is 10.0. The Hall–Kier alpha value is -2.44. The fourth-order valence-corrected chi connectivity index (χ4v) is 2.82. The molecule has 7 heteroatoms. The van der Waals surface area contributed by atoms with Gasteiger partial charge in [-0.25, -0.2) is 0 Å². The molecule has 1 N–H and O–H groups in total. The van der Waals surface area contributed by atoms with E-state index in [4.69, 9.17) is 0 Å². The van der Waals surface area contributed by atoms with Gasteiger partial charge in [-0.15, -0.1) is 5.10 Å². The number of nitrogens with one attached hydrogen (secondary N) is 1. The normalized spacial score (nSPS) is 15.6. The van der Waals surface area contributed by atoms with Crippen LogP contribution in [-0.4, -0.2) is 49.9 Å². The minimum absolute atomic E-state index is 0.205. The van der Waals surface area contributed by atoms with Crippen LogP contribution in [0.4, 0.5) is 5.82 Å². The third-order valence-electron chi connectivity index (χ3n) is 4.09. The van der Waals surface area contributed by atoms with E-state index < -0.39 is 0 Å². The fourth-order valence-electron chi connectivity index (χ4n) is 2.82. The van der Waals surface area contributed by atoms with Crippen LogP contribution in [0.25, 0.3) is 0 Å². The average molecular weight is 314 g/mol. The van der Waals surface area contributed by atoms with E-state index in [0.717, 1.165) is 37.3 Å². The van der Waals surface area contributed by atoms with Gasteiger partial charge in [-0.2, -0.15) is 10.2 Å². The van der Waals surface area contributed by atoms with E-state index in [-0.39, 0.29) is 5.91 Å². The molecule has 1 aliphatic rings. The third kappa shape index (κ3) is 4.28. The number of amides is 1. The van der Waals surface area contributed by atoms with Crippen LogP contribution in [0.2, 0.25) is 0 Å².